The van der Waals surface area contributed by atoms with E-state index in [1.807, 2.05) is 6.92 Å². The van der Waals surface area contributed by atoms with E-state index in [9.17, 15) is 14.0 Å². The lowest BCUT2D eigenvalue weighted by Gasteiger charge is -2.15. The molecule has 0 aliphatic heterocycles. The van der Waals surface area contributed by atoms with Crippen LogP contribution in [0.25, 0.3) is 0 Å². The molecule has 0 spiro atoms. The largest absolute Gasteiger partial charge is 0.379 e. The minimum Gasteiger partial charge on any atom is -0.379 e. The second kappa shape index (κ2) is 10.4. The van der Waals surface area contributed by atoms with Crippen LogP contribution in [-0.2, 0) is 6.54 Å². The lowest BCUT2D eigenvalue weighted by molar-refractivity contribution is 0.565. The summed E-state index contributed by atoms with van der Waals surface area (Å²) in [4.78, 5) is 7.41. The first-order valence-corrected chi connectivity index (χ1v) is 11.5. The summed E-state index contributed by atoms with van der Waals surface area (Å²) >= 11 is 14.0. The van der Waals surface area contributed by atoms with Crippen molar-refractivity contribution in [2.45, 2.75) is 29.3 Å². The van der Waals surface area contributed by atoms with Crippen molar-refractivity contribution < 1.29 is 8.78 Å². The summed E-state index contributed by atoms with van der Waals surface area (Å²) in [6.07, 6.45) is 1.62. The number of H-pyrrole nitrogens is 1. The van der Waals surface area contributed by atoms with Crippen molar-refractivity contribution in [3.05, 3.63) is 93.1 Å². The van der Waals surface area contributed by atoms with Gasteiger partial charge in [-0.15, -0.1) is 5.10 Å². The molecule has 0 fully saturated rings. The van der Waals surface area contributed by atoms with Crippen molar-refractivity contribution in [1.29, 1.82) is 5.26 Å². The fourth-order valence-corrected chi connectivity index (χ4v) is 4.65. The van der Waals surface area contributed by atoms with Crippen LogP contribution in [0.2, 0.25) is 10.0 Å². The molecule has 0 saturated carbocycles. The topological polar surface area (TPSA) is 90.3 Å². The van der Waals surface area contributed by atoms with Crippen molar-refractivity contribution in [2.24, 2.45) is 0 Å². The third-order valence-corrected chi connectivity index (χ3v) is 6.57. The lowest BCUT2D eigenvalue weighted by Crippen LogP contribution is -2.06. The average molecular weight is 517 g/mol. The predicted molar refractivity (Wildman–Crippen MR) is 127 cm³/mol. The minimum atomic E-state index is -0.863. The van der Waals surface area contributed by atoms with Gasteiger partial charge in [-0.3, -0.25) is 0 Å². The quantitative estimate of drug-likeness (QED) is 0.291. The van der Waals surface area contributed by atoms with Gasteiger partial charge in [0.1, 0.15) is 22.6 Å². The van der Waals surface area contributed by atoms with E-state index in [-0.39, 0.29) is 4.90 Å². The molecule has 2 aromatic carbocycles. The Morgan fingerprint density at radius 1 is 1.12 bits per heavy atom. The van der Waals surface area contributed by atoms with Crippen molar-refractivity contribution in [3.63, 3.8) is 0 Å². The molecule has 11 heteroatoms. The Morgan fingerprint density at radius 3 is 2.47 bits per heavy atom. The smallest absolute Gasteiger partial charge is 0.140 e. The molecule has 34 heavy (non-hydrogen) atoms. The van der Waals surface area contributed by atoms with E-state index in [1.165, 1.54) is 6.07 Å². The van der Waals surface area contributed by atoms with Gasteiger partial charge in [0.25, 0.3) is 0 Å². The van der Waals surface area contributed by atoms with Crippen LogP contribution < -0.4 is 5.32 Å². The number of halogens is 4. The molecule has 6 nitrogen and oxygen atoms in total. The fourth-order valence-electron chi connectivity index (χ4n) is 3.21. The molecule has 0 aliphatic carbocycles. The standard InChI is InChI=1S/C23H16Cl2F2N6S/c1-12-20(31-11-30-12)10-29-14-7-16(24)23(17(25)8-14)15(9-28)19-3-5-22(33-32-19)34-21-4-2-13(26)6-18(21)27/h2-8,11,15,29H,10H2,1H3,(H,30,31). The number of rotatable bonds is 7. The monoisotopic (exact) mass is 516 g/mol. The molecular formula is C23H16Cl2F2N6S. The van der Waals surface area contributed by atoms with Gasteiger partial charge < -0.3 is 10.3 Å². The molecule has 4 aromatic rings. The van der Waals surface area contributed by atoms with Gasteiger partial charge in [-0.05, 0) is 43.3 Å². The number of anilines is 1. The van der Waals surface area contributed by atoms with E-state index in [2.05, 4.69) is 31.6 Å². The van der Waals surface area contributed by atoms with Crippen LogP contribution in [0.5, 0.6) is 0 Å². The summed E-state index contributed by atoms with van der Waals surface area (Å²) in [6.45, 7) is 2.40. The number of imidazole rings is 1. The van der Waals surface area contributed by atoms with E-state index < -0.39 is 17.6 Å². The highest BCUT2D eigenvalue weighted by atomic mass is 35.5. The van der Waals surface area contributed by atoms with Crippen LogP contribution in [0.1, 0.15) is 28.6 Å². The Balaban J connectivity index is 1.53. The molecule has 4 rings (SSSR count). The first-order valence-electron chi connectivity index (χ1n) is 9.93. The summed E-state index contributed by atoms with van der Waals surface area (Å²) in [5, 5.41) is 22.2. The van der Waals surface area contributed by atoms with Gasteiger partial charge in [0, 0.05) is 32.3 Å². The third-order valence-electron chi connectivity index (χ3n) is 4.96. The van der Waals surface area contributed by atoms with E-state index in [0.717, 1.165) is 35.3 Å². The molecule has 2 heterocycles. The number of hydrogen-bond donors (Lipinski definition) is 2. The summed E-state index contributed by atoms with van der Waals surface area (Å²) in [5.41, 5.74) is 3.24. The van der Waals surface area contributed by atoms with Crippen molar-refractivity contribution in [1.82, 2.24) is 20.2 Å². The minimum absolute atomic E-state index is 0.208. The Morgan fingerprint density at radius 2 is 1.88 bits per heavy atom. The molecule has 1 unspecified atom stereocenters. The molecule has 172 valence electrons. The highest BCUT2D eigenvalue weighted by Gasteiger charge is 2.23. The molecule has 1 atom stereocenters. The zero-order valence-electron chi connectivity index (χ0n) is 17.6. The SMILES string of the molecule is Cc1nc[nH]c1CNc1cc(Cl)c(C(C#N)c2ccc(Sc3ccc(F)cc3F)nn2)c(Cl)c1. The number of nitrogens with one attached hydrogen (secondary N) is 2. The first kappa shape index (κ1) is 24.0. The second-order valence-corrected chi connectivity index (χ2v) is 9.09. The predicted octanol–water partition coefficient (Wildman–Crippen LogP) is 6.51. The number of hydrogen-bond acceptors (Lipinski definition) is 6. The van der Waals surface area contributed by atoms with Crippen molar-refractivity contribution in [3.8, 4) is 6.07 Å². The maximum absolute atomic E-state index is 13.9. The molecule has 2 aromatic heterocycles. The molecule has 2 N–H and O–H groups in total. The summed E-state index contributed by atoms with van der Waals surface area (Å²) in [6, 6.07) is 12.0. The summed E-state index contributed by atoms with van der Waals surface area (Å²) < 4.78 is 27.0. The van der Waals surface area contributed by atoms with Crippen LogP contribution in [0.4, 0.5) is 14.5 Å². The molecule has 0 radical (unpaired) electrons. The van der Waals surface area contributed by atoms with Gasteiger partial charge in [-0.2, -0.15) is 10.4 Å². The number of aromatic amines is 1. The van der Waals surface area contributed by atoms with Gasteiger partial charge in [0.2, 0.25) is 0 Å². The number of nitrogens with zero attached hydrogens (tertiary/aromatic N) is 4. The molecule has 0 amide bonds. The molecule has 0 aliphatic rings. The highest BCUT2D eigenvalue weighted by Crippen LogP contribution is 2.38. The van der Waals surface area contributed by atoms with Gasteiger partial charge in [-0.1, -0.05) is 35.0 Å². The highest BCUT2D eigenvalue weighted by molar-refractivity contribution is 7.99. The lowest BCUT2D eigenvalue weighted by atomic mass is 9.96. The van der Waals surface area contributed by atoms with E-state index in [4.69, 9.17) is 23.2 Å². The number of benzene rings is 2. The fraction of sp³-hybridized carbons (Fsp3) is 0.130. The third kappa shape index (κ3) is 5.30. The van der Waals surface area contributed by atoms with Crippen LogP contribution in [-0.4, -0.2) is 20.2 Å². The van der Waals surface area contributed by atoms with Crippen molar-refractivity contribution in [2.75, 3.05) is 5.32 Å². The number of aromatic nitrogens is 4. The van der Waals surface area contributed by atoms with Gasteiger partial charge >= 0.3 is 0 Å². The number of aryl methyl sites for hydroxylation is 1. The van der Waals surface area contributed by atoms with Crippen LogP contribution in [0.15, 0.2) is 58.7 Å². The van der Waals surface area contributed by atoms with E-state index in [0.29, 0.717) is 38.6 Å². The molecule has 0 saturated heterocycles. The summed E-state index contributed by atoms with van der Waals surface area (Å²) in [7, 11) is 0. The number of nitriles is 1. The van der Waals surface area contributed by atoms with E-state index in [1.54, 1.807) is 30.6 Å². The normalized spacial score (nSPS) is 11.8. The Hall–Kier alpha value is -3.19. The average Bonchev–Trinajstić information content (AvgIpc) is 3.22. The maximum atomic E-state index is 13.9. The van der Waals surface area contributed by atoms with Crippen molar-refractivity contribution >= 4 is 40.7 Å². The molecule has 0 bridgehead atoms. The Labute approximate surface area is 208 Å². The van der Waals surface area contributed by atoms with Crippen LogP contribution in [0.3, 0.4) is 0 Å². The van der Waals surface area contributed by atoms with E-state index >= 15 is 0 Å². The maximum Gasteiger partial charge on any atom is 0.140 e. The van der Waals surface area contributed by atoms with Crippen LogP contribution >= 0.6 is 35.0 Å². The van der Waals surface area contributed by atoms with Gasteiger partial charge in [0.15, 0.2) is 0 Å². The zero-order valence-corrected chi connectivity index (χ0v) is 19.9. The second-order valence-electron chi connectivity index (χ2n) is 7.21. The molecular weight excluding hydrogens is 501 g/mol. The zero-order chi connectivity index (χ0) is 24.2. The first-order chi connectivity index (χ1) is 16.4. The summed E-state index contributed by atoms with van der Waals surface area (Å²) in [5.74, 6) is -2.22. The Kier molecular flexibility index (Phi) is 7.32. The Bertz CT molecular complexity index is 1350. The van der Waals surface area contributed by atoms with Gasteiger partial charge in [-0.25, -0.2) is 13.8 Å². The van der Waals surface area contributed by atoms with Gasteiger partial charge in [0.05, 0.1) is 36.0 Å². The van der Waals surface area contributed by atoms with Crippen LogP contribution in [0, 0.1) is 29.9 Å².